The van der Waals surface area contributed by atoms with Gasteiger partial charge in [-0.05, 0) is 18.8 Å². The summed E-state index contributed by atoms with van der Waals surface area (Å²) in [7, 11) is 0. The molecule has 0 spiro atoms. The van der Waals surface area contributed by atoms with Crippen LogP contribution in [0.2, 0.25) is 0 Å². The number of carbonyl (C=O) groups is 2. The van der Waals surface area contributed by atoms with Crippen molar-refractivity contribution in [3.05, 3.63) is 0 Å². The van der Waals surface area contributed by atoms with Gasteiger partial charge in [0.15, 0.2) is 0 Å². The van der Waals surface area contributed by atoms with Crippen molar-refractivity contribution in [3.63, 3.8) is 0 Å². The summed E-state index contributed by atoms with van der Waals surface area (Å²) in [6, 6.07) is 0. The highest BCUT2D eigenvalue weighted by molar-refractivity contribution is 5.78. The fourth-order valence-corrected chi connectivity index (χ4v) is 1.43. The Kier molecular flexibility index (Phi) is 3.08. The zero-order chi connectivity index (χ0) is 8.97. The van der Waals surface area contributed by atoms with Crippen LogP contribution in [0.5, 0.6) is 0 Å². The molecule has 1 heterocycles. The summed E-state index contributed by atoms with van der Waals surface area (Å²) in [5.41, 5.74) is 4.98. The molecule has 1 fully saturated rings. The molecule has 1 saturated heterocycles. The van der Waals surface area contributed by atoms with Crippen molar-refractivity contribution in [2.24, 2.45) is 11.7 Å². The Labute approximate surface area is 71.5 Å². The number of carbonyl (C=O) groups excluding carboxylic acids is 2. The van der Waals surface area contributed by atoms with Crippen molar-refractivity contribution in [1.82, 2.24) is 5.32 Å². The summed E-state index contributed by atoms with van der Waals surface area (Å²) in [6.45, 7) is 0.762. The van der Waals surface area contributed by atoms with Crippen LogP contribution >= 0.6 is 0 Å². The van der Waals surface area contributed by atoms with Gasteiger partial charge in [0.05, 0.1) is 0 Å². The Balaban J connectivity index is 2.08. The molecule has 0 radical (unpaired) electrons. The summed E-state index contributed by atoms with van der Waals surface area (Å²) in [5, 5.41) is 2.75. The minimum Gasteiger partial charge on any atom is -0.370 e. The molecule has 0 aromatic rings. The summed E-state index contributed by atoms with van der Waals surface area (Å²) >= 11 is 0. The minimum absolute atomic E-state index is 0.124. The van der Waals surface area contributed by atoms with Crippen LogP contribution in [0.4, 0.5) is 0 Å². The third-order valence-corrected chi connectivity index (χ3v) is 2.10. The maximum atomic E-state index is 10.7. The van der Waals surface area contributed by atoms with E-state index in [2.05, 4.69) is 5.32 Å². The van der Waals surface area contributed by atoms with Crippen molar-refractivity contribution in [1.29, 1.82) is 0 Å². The zero-order valence-corrected chi connectivity index (χ0v) is 7.01. The summed E-state index contributed by atoms with van der Waals surface area (Å²) in [5.74, 6) is 0.281. The van der Waals surface area contributed by atoms with E-state index in [0.717, 1.165) is 19.4 Å². The van der Waals surface area contributed by atoms with E-state index in [1.54, 1.807) is 0 Å². The van der Waals surface area contributed by atoms with Gasteiger partial charge in [-0.15, -0.1) is 0 Å². The lowest BCUT2D eigenvalue weighted by Crippen LogP contribution is -2.14. The predicted octanol–water partition coefficient (Wildman–Crippen LogP) is -0.222. The Morgan fingerprint density at radius 2 is 2.42 bits per heavy atom. The second kappa shape index (κ2) is 4.09. The molecule has 0 bridgehead atoms. The monoisotopic (exact) mass is 170 g/mol. The van der Waals surface area contributed by atoms with Gasteiger partial charge in [0.2, 0.25) is 11.8 Å². The van der Waals surface area contributed by atoms with Gasteiger partial charge in [0.25, 0.3) is 0 Å². The topological polar surface area (TPSA) is 72.2 Å². The van der Waals surface area contributed by atoms with E-state index < -0.39 is 0 Å². The molecule has 0 aromatic carbocycles. The second-order valence-corrected chi connectivity index (χ2v) is 3.23. The maximum Gasteiger partial charge on any atom is 0.220 e. The van der Waals surface area contributed by atoms with Crippen molar-refractivity contribution < 1.29 is 9.59 Å². The first-order chi connectivity index (χ1) is 5.68. The van der Waals surface area contributed by atoms with Crippen molar-refractivity contribution in [2.45, 2.75) is 25.7 Å². The first-order valence-corrected chi connectivity index (χ1v) is 4.23. The number of amides is 2. The SMILES string of the molecule is NC(=O)CCC[C@@H]1CNC(=O)C1. The lowest BCUT2D eigenvalue weighted by atomic mass is 10.0. The molecule has 4 heteroatoms. The van der Waals surface area contributed by atoms with Crippen LogP contribution < -0.4 is 11.1 Å². The number of nitrogens with one attached hydrogen (secondary N) is 1. The first-order valence-electron chi connectivity index (χ1n) is 4.23. The van der Waals surface area contributed by atoms with Crippen molar-refractivity contribution >= 4 is 11.8 Å². The number of hydrogen-bond acceptors (Lipinski definition) is 2. The largest absolute Gasteiger partial charge is 0.370 e. The highest BCUT2D eigenvalue weighted by Crippen LogP contribution is 2.15. The van der Waals surface area contributed by atoms with Gasteiger partial charge in [-0.25, -0.2) is 0 Å². The molecule has 1 aliphatic rings. The molecule has 0 saturated carbocycles. The average molecular weight is 170 g/mol. The van der Waals surface area contributed by atoms with Crippen LogP contribution in [0.25, 0.3) is 0 Å². The highest BCUT2D eigenvalue weighted by atomic mass is 16.2. The van der Waals surface area contributed by atoms with E-state index in [4.69, 9.17) is 5.73 Å². The Bertz CT molecular complexity index is 191. The Hall–Kier alpha value is -1.06. The molecule has 12 heavy (non-hydrogen) atoms. The summed E-state index contributed by atoms with van der Waals surface area (Å²) in [4.78, 5) is 21.1. The quantitative estimate of drug-likeness (QED) is 0.612. The number of primary amides is 1. The third kappa shape index (κ3) is 2.90. The molecule has 1 atom stereocenters. The molecule has 1 rings (SSSR count). The predicted molar refractivity (Wildman–Crippen MR) is 44.2 cm³/mol. The van der Waals surface area contributed by atoms with Crippen LogP contribution in [0, 0.1) is 5.92 Å². The third-order valence-electron chi connectivity index (χ3n) is 2.10. The molecule has 0 unspecified atom stereocenters. The lowest BCUT2D eigenvalue weighted by Gasteiger charge is -2.04. The van der Waals surface area contributed by atoms with E-state index in [0.29, 0.717) is 18.8 Å². The minimum atomic E-state index is -0.257. The van der Waals surface area contributed by atoms with Gasteiger partial charge in [-0.3, -0.25) is 9.59 Å². The molecule has 3 N–H and O–H groups in total. The number of rotatable bonds is 4. The van der Waals surface area contributed by atoms with Crippen molar-refractivity contribution in [3.8, 4) is 0 Å². The summed E-state index contributed by atoms with van der Waals surface area (Å²) in [6.07, 6.45) is 2.76. The van der Waals surface area contributed by atoms with E-state index in [1.165, 1.54) is 0 Å². The number of hydrogen-bond donors (Lipinski definition) is 2. The van der Waals surface area contributed by atoms with Crippen molar-refractivity contribution in [2.75, 3.05) is 6.54 Å². The molecule has 0 aromatic heterocycles. The van der Waals surface area contributed by atoms with E-state index in [-0.39, 0.29) is 11.8 Å². The van der Waals surface area contributed by atoms with Gasteiger partial charge in [-0.2, -0.15) is 0 Å². The van der Waals surface area contributed by atoms with Crippen LogP contribution in [0.15, 0.2) is 0 Å². The molecular formula is C8H14N2O2. The van der Waals surface area contributed by atoms with Gasteiger partial charge < -0.3 is 11.1 Å². The van der Waals surface area contributed by atoms with E-state index >= 15 is 0 Å². The maximum absolute atomic E-state index is 10.7. The average Bonchev–Trinajstić information content (AvgIpc) is 2.35. The molecule has 1 aliphatic heterocycles. The standard InChI is InChI=1S/C8H14N2O2/c9-7(11)3-1-2-6-4-8(12)10-5-6/h6H,1-5H2,(H2,9,11)(H,10,12)/t6-/m0/s1. The normalized spacial score (nSPS) is 22.3. The van der Waals surface area contributed by atoms with Crippen LogP contribution in [-0.4, -0.2) is 18.4 Å². The fraction of sp³-hybridized carbons (Fsp3) is 0.750. The fourth-order valence-electron chi connectivity index (χ4n) is 1.43. The molecule has 0 aliphatic carbocycles. The first kappa shape index (κ1) is 9.03. The van der Waals surface area contributed by atoms with Gasteiger partial charge >= 0.3 is 0 Å². The van der Waals surface area contributed by atoms with Crippen LogP contribution in [0.1, 0.15) is 25.7 Å². The molecule has 2 amide bonds. The van der Waals surface area contributed by atoms with E-state index in [1.807, 2.05) is 0 Å². The number of nitrogens with two attached hydrogens (primary N) is 1. The zero-order valence-electron chi connectivity index (χ0n) is 7.01. The van der Waals surface area contributed by atoms with Gasteiger partial charge in [0.1, 0.15) is 0 Å². The molecule has 68 valence electrons. The molecule has 4 nitrogen and oxygen atoms in total. The Morgan fingerprint density at radius 3 is 2.92 bits per heavy atom. The second-order valence-electron chi connectivity index (χ2n) is 3.23. The van der Waals surface area contributed by atoms with E-state index in [9.17, 15) is 9.59 Å². The highest BCUT2D eigenvalue weighted by Gasteiger charge is 2.20. The summed E-state index contributed by atoms with van der Waals surface area (Å²) < 4.78 is 0. The smallest absolute Gasteiger partial charge is 0.220 e. The van der Waals surface area contributed by atoms with Crippen LogP contribution in [-0.2, 0) is 9.59 Å². The van der Waals surface area contributed by atoms with Gasteiger partial charge in [-0.1, -0.05) is 0 Å². The molecular weight excluding hydrogens is 156 g/mol. The lowest BCUT2D eigenvalue weighted by molar-refractivity contribution is -0.119. The van der Waals surface area contributed by atoms with Gasteiger partial charge in [0, 0.05) is 19.4 Å². The van der Waals surface area contributed by atoms with Crippen LogP contribution in [0.3, 0.4) is 0 Å². The Morgan fingerprint density at radius 1 is 1.67 bits per heavy atom.